The van der Waals surface area contributed by atoms with E-state index in [0.29, 0.717) is 32.9 Å². The second kappa shape index (κ2) is 7.77. The molecule has 126 valence electrons. The number of piperidine rings is 1. The maximum atomic E-state index is 12.0. The number of likely N-dealkylation sites (tertiary alicyclic amines) is 1. The predicted octanol–water partition coefficient (Wildman–Crippen LogP) is 1.02. The zero-order chi connectivity index (χ0) is 16.0. The van der Waals surface area contributed by atoms with E-state index in [0.717, 1.165) is 31.7 Å². The SMILES string of the molecule is O=C(CN1CCC2(CC1)OCCO2)NCCOc1ccccc1. The summed E-state index contributed by atoms with van der Waals surface area (Å²) in [5.41, 5.74) is 0. The molecule has 2 aliphatic heterocycles. The number of amides is 1. The lowest BCUT2D eigenvalue weighted by molar-refractivity contribution is -0.185. The van der Waals surface area contributed by atoms with Gasteiger partial charge in [0.25, 0.3) is 0 Å². The third kappa shape index (κ3) is 4.67. The molecule has 1 spiro atoms. The normalized spacial score (nSPS) is 20.5. The first-order chi connectivity index (χ1) is 11.3. The lowest BCUT2D eigenvalue weighted by Crippen LogP contribution is -2.48. The minimum Gasteiger partial charge on any atom is -0.492 e. The molecule has 3 rings (SSSR count). The van der Waals surface area contributed by atoms with Gasteiger partial charge >= 0.3 is 0 Å². The van der Waals surface area contributed by atoms with Crippen molar-refractivity contribution in [2.45, 2.75) is 18.6 Å². The first-order valence-corrected chi connectivity index (χ1v) is 8.21. The molecule has 2 aliphatic rings. The van der Waals surface area contributed by atoms with E-state index >= 15 is 0 Å². The van der Waals surface area contributed by atoms with E-state index in [1.165, 1.54) is 0 Å². The Morgan fingerprint density at radius 2 is 1.87 bits per heavy atom. The molecule has 0 saturated carbocycles. The zero-order valence-corrected chi connectivity index (χ0v) is 13.3. The minimum atomic E-state index is -0.378. The Hall–Kier alpha value is -1.63. The highest BCUT2D eigenvalue weighted by Crippen LogP contribution is 2.30. The number of carbonyl (C=O) groups is 1. The number of carbonyl (C=O) groups excluding carboxylic acids is 1. The molecule has 1 amide bonds. The third-order valence-electron chi connectivity index (χ3n) is 4.23. The number of para-hydroxylation sites is 1. The molecule has 2 saturated heterocycles. The van der Waals surface area contributed by atoms with Crippen molar-refractivity contribution < 1.29 is 19.0 Å². The van der Waals surface area contributed by atoms with Gasteiger partial charge in [-0.15, -0.1) is 0 Å². The van der Waals surface area contributed by atoms with Crippen LogP contribution in [-0.4, -0.2) is 62.6 Å². The lowest BCUT2D eigenvalue weighted by atomic mass is 10.0. The van der Waals surface area contributed by atoms with Crippen LogP contribution in [0.4, 0.5) is 0 Å². The number of nitrogens with one attached hydrogen (secondary N) is 1. The highest BCUT2D eigenvalue weighted by atomic mass is 16.7. The summed E-state index contributed by atoms with van der Waals surface area (Å²) in [5, 5.41) is 2.89. The first-order valence-electron chi connectivity index (χ1n) is 8.21. The predicted molar refractivity (Wildman–Crippen MR) is 85.3 cm³/mol. The Labute approximate surface area is 136 Å². The lowest BCUT2D eigenvalue weighted by Gasteiger charge is -2.37. The Kier molecular flexibility index (Phi) is 5.48. The third-order valence-corrected chi connectivity index (χ3v) is 4.23. The highest BCUT2D eigenvalue weighted by molar-refractivity contribution is 5.78. The molecular formula is C17H24N2O4. The molecule has 0 atom stereocenters. The van der Waals surface area contributed by atoms with E-state index < -0.39 is 0 Å². The van der Waals surface area contributed by atoms with Crippen molar-refractivity contribution in [2.24, 2.45) is 0 Å². The van der Waals surface area contributed by atoms with Crippen molar-refractivity contribution in [2.75, 3.05) is 46.0 Å². The summed E-state index contributed by atoms with van der Waals surface area (Å²) >= 11 is 0. The van der Waals surface area contributed by atoms with E-state index in [1.54, 1.807) is 0 Å². The number of hydrogen-bond acceptors (Lipinski definition) is 5. The molecule has 0 aromatic heterocycles. The molecule has 0 unspecified atom stereocenters. The van der Waals surface area contributed by atoms with Gasteiger partial charge in [-0.05, 0) is 12.1 Å². The number of rotatable bonds is 6. The second-order valence-corrected chi connectivity index (χ2v) is 5.90. The van der Waals surface area contributed by atoms with Gasteiger partial charge < -0.3 is 19.5 Å². The van der Waals surface area contributed by atoms with E-state index in [1.807, 2.05) is 30.3 Å². The van der Waals surface area contributed by atoms with Crippen molar-refractivity contribution in [1.29, 1.82) is 0 Å². The summed E-state index contributed by atoms with van der Waals surface area (Å²) in [6.45, 7) is 4.42. The molecule has 0 aliphatic carbocycles. The maximum absolute atomic E-state index is 12.0. The summed E-state index contributed by atoms with van der Waals surface area (Å²) in [5.74, 6) is 0.474. The van der Waals surface area contributed by atoms with Crippen molar-refractivity contribution in [3.8, 4) is 5.75 Å². The number of nitrogens with zero attached hydrogens (tertiary/aromatic N) is 1. The van der Waals surface area contributed by atoms with Gasteiger partial charge in [0.15, 0.2) is 5.79 Å². The first kappa shape index (κ1) is 16.2. The Morgan fingerprint density at radius 3 is 2.57 bits per heavy atom. The van der Waals surface area contributed by atoms with Gasteiger partial charge in [0.1, 0.15) is 12.4 Å². The molecule has 0 radical (unpaired) electrons. The summed E-state index contributed by atoms with van der Waals surface area (Å²) in [6, 6.07) is 9.60. The highest BCUT2D eigenvalue weighted by Gasteiger charge is 2.39. The largest absolute Gasteiger partial charge is 0.492 e. The van der Waals surface area contributed by atoms with Gasteiger partial charge in [-0.3, -0.25) is 9.69 Å². The van der Waals surface area contributed by atoms with Crippen LogP contribution in [0.2, 0.25) is 0 Å². The minimum absolute atomic E-state index is 0.0332. The van der Waals surface area contributed by atoms with Crippen molar-refractivity contribution in [3.63, 3.8) is 0 Å². The van der Waals surface area contributed by atoms with Crippen LogP contribution in [0.15, 0.2) is 30.3 Å². The number of hydrogen-bond donors (Lipinski definition) is 1. The fourth-order valence-corrected chi connectivity index (χ4v) is 2.97. The molecule has 2 fully saturated rings. The zero-order valence-electron chi connectivity index (χ0n) is 13.3. The molecule has 1 aromatic carbocycles. The Balaban J connectivity index is 1.29. The molecule has 1 aromatic rings. The molecule has 23 heavy (non-hydrogen) atoms. The average molecular weight is 320 g/mol. The molecule has 2 heterocycles. The topological polar surface area (TPSA) is 60.0 Å². The van der Waals surface area contributed by atoms with Crippen LogP contribution in [0.5, 0.6) is 5.75 Å². The van der Waals surface area contributed by atoms with E-state index in [9.17, 15) is 4.79 Å². The quantitative estimate of drug-likeness (QED) is 0.793. The monoisotopic (exact) mass is 320 g/mol. The van der Waals surface area contributed by atoms with Crippen LogP contribution in [0.1, 0.15) is 12.8 Å². The summed E-state index contributed by atoms with van der Waals surface area (Å²) < 4.78 is 16.9. The van der Waals surface area contributed by atoms with Crippen LogP contribution >= 0.6 is 0 Å². The van der Waals surface area contributed by atoms with Gasteiger partial charge in [-0.1, -0.05) is 18.2 Å². The molecule has 0 bridgehead atoms. The summed E-state index contributed by atoms with van der Waals surface area (Å²) in [7, 11) is 0. The van der Waals surface area contributed by atoms with Crippen molar-refractivity contribution in [3.05, 3.63) is 30.3 Å². The Bertz CT molecular complexity index is 493. The standard InChI is InChI=1S/C17H24N2O4/c20-16(18-8-11-21-15-4-2-1-3-5-15)14-19-9-6-17(7-10-19)22-12-13-23-17/h1-5H,6-14H2,(H,18,20). The van der Waals surface area contributed by atoms with E-state index in [4.69, 9.17) is 14.2 Å². The van der Waals surface area contributed by atoms with Gasteiger partial charge in [0, 0.05) is 25.9 Å². The van der Waals surface area contributed by atoms with Crippen molar-refractivity contribution >= 4 is 5.91 Å². The van der Waals surface area contributed by atoms with Gasteiger partial charge in [0.05, 0.1) is 26.3 Å². The second-order valence-electron chi connectivity index (χ2n) is 5.90. The summed E-state index contributed by atoms with van der Waals surface area (Å²) in [6.07, 6.45) is 1.66. The van der Waals surface area contributed by atoms with Gasteiger partial charge in [-0.25, -0.2) is 0 Å². The fourth-order valence-electron chi connectivity index (χ4n) is 2.97. The van der Waals surface area contributed by atoms with Crippen LogP contribution in [0, 0.1) is 0 Å². The Morgan fingerprint density at radius 1 is 1.17 bits per heavy atom. The van der Waals surface area contributed by atoms with Gasteiger partial charge in [-0.2, -0.15) is 0 Å². The van der Waals surface area contributed by atoms with Gasteiger partial charge in [0.2, 0.25) is 5.91 Å². The van der Waals surface area contributed by atoms with E-state index in [2.05, 4.69) is 10.2 Å². The number of benzene rings is 1. The average Bonchev–Trinajstić information content (AvgIpc) is 3.03. The van der Waals surface area contributed by atoms with Crippen LogP contribution in [-0.2, 0) is 14.3 Å². The number of ether oxygens (including phenoxy) is 3. The van der Waals surface area contributed by atoms with Crippen LogP contribution < -0.4 is 10.1 Å². The molecule has 6 heteroatoms. The van der Waals surface area contributed by atoms with Crippen LogP contribution in [0.3, 0.4) is 0 Å². The van der Waals surface area contributed by atoms with E-state index in [-0.39, 0.29) is 11.7 Å². The molecular weight excluding hydrogens is 296 g/mol. The molecule has 1 N–H and O–H groups in total. The fraction of sp³-hybridized carbons (Fsp3) is 0.588. The van der Waals surface area contributed by atoms with Crippen molar-refractivity contribution in [1.82, 2.24) is 10.2 Å². The summed E-state index contributed by atoms with van der Waals surface area (Å²) in [4.78, 5) is 14.1. The van der Waals surface area contributed by atoms with Crippen LogP contribution in [0.25, 0.3) is 0 Å². The maximum Gasteiger partial charge on any atom is 0.234 e. The smallest absolute Gasteiger partial charge is 0.234 e. The molecule has 6 nitrogen and oxygen atoms in total.